The molecule has 0 aliphatic carbocycles. The third kappa shape index (κ3) is 2.94. The molecule has 0 radical (unpaired) electrons. The summed E-state index contributed by atoms with van der Waals surface area (Å²) < 4.78 is 0. The lowest BCUT2D eigenvalue weighted by atomic mass is 10.2. The van der Waals surface area contributed by atoms with Crippen molar-refractivity contribution < 1.29 is 4.79 Å². The minimum Gasteiger partial charge on any atom is -0.381 e. The second-order valence-electron chi connectivity index (χ2n) is 3.67. The van der Waals surface area contributed by atoms with Crippen molar-refractivity contribution in [2.45, 2.75) is 6.92 Å². The first kappa shape index (κ1) is 11.8. The molecule has 0 spiro atoms. The van der Waals surface area contributed by atoms with Crippen LogP contribution in [0, 0.1) is 0 Å². The number of rotatable bonds is 3. The number of carbonyl (C=O) groups excluding carboxylic acids is 1. The standard InChI is InChI=1S/C12H13N5O/c1-8(18)16-9-2-4-10(5-3-9)17-12-11(13)14-6-7-15-12/h2-7H,1H3,(H2,13,14)(H,15,17)(H,16,18). The molecule has 0 bridgehead atoms. The lowest BCUT2D eigenvalue weighted by Crippen LogP contribution is -2.05. The predicted octanol–water partition coefficient (Wildman–Crippen LogP) is 1.76. The van der Waals surface area contributed by atoms with Crippen molar-refractivity contribution in [2.75, 3.05) is 16.4 Å². The van der Waals surface area contributed by atoms with E-state index in [2.05, 4.69) is 20.6 Å². The third-order valence-corrected chi connectivity index (χ3v) is 2.19. The average molecular weight is 243 g/mol. The normalized spacial score (nSPS) is 9.83. The van der Waals surface area contributed by atoms with Gasteiger partial charge in [0.1, 0.15) is 0 Å². The van der Waals surface area contributed by atoms with E-state index in [4.69, 9.17) is 5.73 Å². The largest absolute Gasteiger partial charge is 0.381 e. The Morgan fingerprint density at radius 3 is 2.33 bits per heavy atom. The third-order valence-electron chi connectivity index (χ3n) is 2.19. The number of amides is 1. The Bertz CT molecular complexity index is 553. The Morgan fingerprint density at radius 2 is 1.72 bits per heavy atom. The van der Waals surface area contributed by atoms with E-state index < -0.39 is 0 Å². The van der Waals surface area contributed by atoms with Gasteiger partial charge in [-0.3, -0.25) is 4.79 Å². The Morgan fingerprint density at radius 1 is 1.11 bits per heavy atom. The molecule has 1 aromatic heterocycles. The number of nitrogens with zero attached hydrogens (tertiary/aromatic N) is 2. The highest BCUT2D eigenvalue weighted by Gasteiger charge is 2.01. The van der Waals surface area contributed by atoms with Gasteiger partial charge >= 0.3 is 0 Å². The van der Waals surface area contributed by atoms with Crippen LogP contribution in [0.5, 0.6) is 0 Å². The van der Waals surface area contributed by atoms with E-state index >= 15 is 0 Å². The Balaban J connectivity index is 2.11. The number of carbonyl (C=O) groups is 1. The summed E-state index contributed by atoms with van der Waals surface area (Å²) in [5, 5.41) is 5.73. The fraction of sp³-hybridized carbons (Fsp3) is 0.0833. The molecule has 18 heavy (non-hydrogen) atoms. The monoisotopic (exact) mass is 243 g/mol. The summed E-state index contributed by atoms with van der Waals surface area (Å²) in [6.07, 6.45) is 3.09. The van der Waals surface area contributed by atoms with Crippen LogP contribution >= 0.6 is 0 Å². The molecule has 0 saturated heterocycles. The molecule has 1 amide bonds. The molecular formula is C12H13N5O. The van der Waals surface area contributed by atoms with E-state index in [1.54, 1.807) is 18.3 Å². The van der Waals surface area contributed by atoms with Gasteiger partial charge in [-0.05, 0) is 24.3 Å². The molecule has 0 fully saturated rings. The van der Waals surface area contributed by atoms with Gasteiger partial charge in [0, 0.05) is 30.7 Å². The molecule has 92 valence electrons. The second-order valence-corrected chi connectivity index (χ2v) is 3.67. The van der Waals surface area contributed by atoms with Crippen molar-refractivity contribution in [3.63, 3.8) is 0 Å². The summed E-state index contributed by atoms with van der Waals surface area (Å²) in [5.41, 5.74) is 7.22. The smallest absolute Gasteiger partial charge is 0.221 e. The van der Waals surface area contributed by atoms with Crippen LogP contribution in [0.3, 0.4) is 0 Å². The van der Waals surface area contributed by atoms with Crippen LogP contribution in [0.2, 0.25) is 0 Å². The quantitative estimate of drug-likeness (QED) is 0.763. The van der Waals surface area contributed by atoms with E-state index in [1.807, 2.05) is 12.1 Å². The maximum absolute atomic E-state index is 10.9. The zero-order valence-corrected chi connectivity index (χ0v) is 9.84. The minimum atomic E-state index is -0.103. The molecule has 1 heterocycles. The van der Waals surface area contributed by atoms with Crippen LogP contribution in [0.4, 0.5) is 23.0 Å². The first-order valence-electron chi connectivity index (χ1n) is 5.36. The molecule has 6 nitrogen and oxygen atoms in total. The minimum absolute atomic E-state index is 0.103. The molecule has 4 N–H and O–H groups in total. The van der Waals surface area contributed by atoms with Crippen molar-refractivity contribution in [1.29, 1.82) is 0 Å². The summed E-state index contributed by atoms with van der Waals surface area (Å²) >= 11 is 0. The van der Waals surface area contributed by atoms with Crippen molar-refractivity contribution in [3.05, 3.63) is 36.7 Å². The van der Waals surface area contributed by atoms with Crippen LogP contribution in [0.1, 0.15) is 6.92 Å². The summed E-state index contributed by atoms with van der Waals surface area (Å²) in [4.78, 5) is 18.9. The Labute approximate surface area is 104 Å². The zero-order chi connectivity index (χ0) is 13.0. The van der Waals surface area contributed by atoms with Crippen molar-refractivity contribution in [3.8, 4) is 0 Å². The van der Waals surface area contributed by atoms with Crippen LogP contribution in [-0.4, -0.2) is 15.9 Å². The molecule has 0 unspecified atom stereocenters. The van der Waals surface area contributed by atoms with E-state index in [0.717, 1.165) is 11.4 Å². The SMILES string of the molecule is CC(=O)Nc1ccc(Nc2nccnc2N)cc1. The van der Waals surface area contributed by atoms with Crippen LogP contribution < -0.4 is 16.4 Å². The van der Waals surface area contributed by atoms with E-state index in [0.29, 0.717) is 11.6 Å². The molecular weight excluding hydrogens is 230 g/mol. The summed E-state index contributed by atoms with van der Waals surface area (Å²) in [6, 6.07) is 7.21. The fourth-order valence-corrected chi connectivity index (χ4v) is 1.42. The molecule has 6 heteroatoms. The molecule has 0 atom stereocenters. The highest BCUT2D eigenvalue weighted by Crippen LogP contribution is 2.19. The van der Waals surface area contributed by atoms with Gasteiger partial charge in [0.15, 0.2) is 11.6 Å². The van der Waals surface area contributed by atoms with Crippen LogP contribution in [0.25, 0.3) is 0 Å². The molecule has 0 aliphatic rings. The molecule has 1 aromatic carbocycles. The summed E-state index contributed by atoms with van der Waals surface area (Å²) in [7, 11) is 0. The lowest BCUT2D eigenvalue weighted by molar-refractivity contribution is -0.114. The fourth-order valence-electron chi connectivity index (χ4n) is 1.42. The highest BCUT2D eigenvalue weighted by molar-refractivity contribution is 5.88. The molecule has 2 aromatic rings. The van der Waals surface area contributed by atoms with E-state index in [-0.39, 0.29) is 5.91 Å². The highest BCUT2D eigenvalue weighted by atomic mass is 16.1. The van der Waals surface area contributed by atoms with Crippen molar-refractivity contribution >= 4 is 28.9 Å². The topological polar surface area (TPSA) is 92.9 Å². The first-order valence-corrected chi connectivity index (χ1v) is 5.36. The first-order chi connectivity index (χ1) is 8.65. The Kier molecular flexibility index (Phi) is 3.38. The summed E-state index contributed by atoms with van der Waals surface area (Å²) in [5.74, 6) is 0.738. The van der Waals surface area contributed by atoms with Gasteiger partial charge in [-0.25, -0.2) is 9.97 Å². The van der Waals surface area contributed by atoms with E-state index in [9.17, 15) is 4.79 Å². The lowest BCUT2D eigenvalue weighted by Gasteiger charge is -2.08. The van der Waals surface area contributed by atoms with Gasteiger partial charge in [-0.1, -0.05) is 0 Å². The van der Waals surface area contributed by atoms with Crippen LogP contribution in [0.15, 0.2) is 36.7 Å². The van der Waals surface area contributed by atoms with Gasteiger partial charge < -0.3 is 16.4 Å². The van der Waals surface area contributed by atoms with Gasteiger partial charge in [0.2, 0.25) is 5.91 Å². The maximum atomic E-state index is 10.9. The van der Waals surface area contributed by atoms with Gasteiger partial charge in [-0.15, -0.1) is 0 Å². The van der Waals surface area contributed by atoms with Crippen molar-refractivity contribution in [2.24, 2.45) is 0 Å². The van der Waals surface area contributed by atoms with E-state index in [1.165, 1.54) is 13.1 Å². The number of benzene rings is 1. The van der Waals surface area contributed by atoms with Crippen LogP contribution in [-0.2, 0) is 4.79 Å². The molecule has 2 rings (SSSR count). The van der Waals surface area contributed by atoms with Crippen molar-refractivity contribution in [1.82, 2.24) is 9.97 Å². The van der Waals surface area contributed by atoms with Gasteiger partial charge in [0.25, 0.3) is 0 Å². The number of hydrogen-bond acceptors (Lipinski definition) is 5. The maximum Gasteiger partial charge on any atom is 0.221 e. The second kappa shape index (κ2) is 5.13. The number of anilines is 4. The number of nitrogens with one attached hydrogen (secondary N) is 2. The number of nitrogen functional groups attached to an aromatic ring is 1. The number of aromatic nitrogens is 2. The predicted molar refractivity (Wildman–Crippen MR) is 70.5 cm³/mol. The van der Waals surface area contributed by atoms with Gasteiger partial charge in [0.05, 0.1) is 0 Å². The number of nitrogens with two attached hydrogens (primary N) is 1. The molecule has 0 aliphatic heterocycles. The number of hydrogen-bond donors (Lipinski definition) is 3. The Hall–Kier alpha value is -2.63. The summed E-state index contributed by atoms with van der Waals surface area (Å²) in [6.45, 7) is 1.46. The molecule has 0 saturated carbocycles. The average Bonchev–Trinajstić information content (AvgIpc) is 2.34. The van der Waals surface area contributed by atoms with Gasteiger partial charge in [-0.2, -0.15) is 0 Å². The zero-order valence-electron chi connectivity index (χ0n) is 9.84.